The van der Waals surface area contributed by atoms with E-state index in [0.717, 1.165) is 55.9 Å². The van der Waals surface area contributed by atoms with Gasteiger partial charge in [-0.1, -0.05) is 135 Å². The molecule has 3 aromatic heterocycles. The molecule has 0 bridgehead atoms. The normalized spacial score (nSPS) is 13.4. The summed E-state index contributed by atoms with van der Waals surface area (Å²) in [6.45, 7) is 22.6. The van der Waals surface area contributed by atoms with Gasteiger partial charge in [0.05, 0.1) is 16.7 Å². The van der Waals surface area contributed by atoms with E-state index in [1.807, 2.05) is 12.3 Å². The van der Waals surface area contributed by atoms with E-state index in [9.17, 15) is 0 Å². The summed E-state index contributed by atoms with van der Waals surface area (Å²) in [6.07, 6.45) is 1.95. The van der Waals surface area contributed by atoms with Crippen molar-refractivity contribution in [2.45, 2.75) is 78.6 Å². The third-order valence-corrected chi connectivity index (χ3v) is 12.2. The Morgan fingerprint density at radius 1 is 0.565 bits per heavy atom. The van der Waals surface area contributed by atoms with Crippen LogP contribution in [0.5, 0.6) is 11.5 Å². The molecule has 0 fully saturated rings. The van der Waals surface area contributed by atoms with Gasteiger partial charge in [-0.05, 0) is 64.1 Å². The average molecular weight is 994 g/mol. The van der Waals surface area contributed by atoms with Crippen LogP contribution in [0, 0.1) is 18.8 Å². The molecule has 9 aromatic rings. The first kappa shape index (κ1) is 41.5. The first-order chi connectivity index (χ1) is 29.1. The third-order valence-electron chi connectivity index (χ3n) is 12.2. The van der Waals surface area contributed by atoms with E-state index >= 15 is 0 Å². The molecule has 316 valence electrons. The van der Waals surface area contributed by atoms with Crippen LogP contribution in [0.15, 0.2) is 128 Å². The molecule has 1 aliphatic rings. The number of para-hydroxylation sites is 5. The van der Waals surface area contributed by atoms with E-state index in [2.05, 4.69) is 222 Å². The molecule has 0 aliphatic carbocycles. The zero-order valence-electron chi connectivity index (χ0n) is 37.2. The topological polar surface area (TPSA) is 38.5 Å². The number of benzene rings is 6. The minimum Gasteiger partial charge on any atom is -0.509 e. The minimum absolute atomic E-state index is 0. The summed E-state index contributed by atoms with van der Waals surface area (Å²) in [5, 5.41) is 4.73. The average Bonchev–Trinajstić information content (AvgIpc) is 3.86. The molecule has 0 radical (unpaired) electrons. The molecule has 62 heavy (non-hydrogen) atoms. The Morgan fingerprint density at radius 3 is 1.85 bits per heavy atom. The maximum atomic E-state index is 6.79. The maximum Gasteiger partial charge on any atom is 0.137 e. The van der Waals surface area contributed by atoms with Crippen LogP contribution >= 0.6 is 0 Å². The molecule has 10 rings (SSSR count). The first-order valence-corrected chi connectivity index (χ1v) is 21.3. The number of ether oxygens (including phenoxy) is 1. The Hall–Kier alpha value is -5.84. The van der Waals surface area contributed by atoms with Crippen molar-refractivity contribution in [1.29, 1.82) is 0 Å². The molecule has 0 unspecified atom stereocenters. The molecule has 0 amide bonds. The van der Waals surface area contributed by atoms with Crippen molar-refractivity contribution in [3.05, 3.63) is 163 Å². The van der Waals surface area contributed by atoms with Gasteiger partial charge in [-0.25, -0.2) is 4.98 Å². The Morgan fingerprint density at radius 2 is 1.19 bits per heavy atom. The van der Waals surface area contributed by atoms with Gasteiger partial charge in [0, 0.05) is 72.5 Å². The van der Waals surface area contributed by atoms with Crippen molar-refractivity contribution in [2.24, 2.45) is 0 Å². The van der Waals surface area contributed by atoms with Crippen molar-refractivity contribution < 1.29 is 25.8 Å². The maximum absolute atomic E-state index is 6.79. The molecular formula is C55H52N5OPt-3. The van der Waals surface area contributed by atoms with Crippen LogP contribution in [-0.4, -0.2) is 21.2 Å². The zero-order chi connectivity index (χ0) is 42.6. The van der Waals surface area contributed by atoms with E-state index < -0.39 is 0 Å². The summed E-state index contributed by atoms with van der Waals surface area (Å²) in [5.74, 6) is 2.05. The summed E-state index contributed by atoms with van der Waals surface area (Å²) in [4.78, 5) is 9.43. The van der Waals surface area contributed by atoms with Crippen molar-refractivity contribution in [2.75, 3.05) is 16.8 Å². The second-order valence-electron chi connectivity index (χ2n) is 19.6. The number of fused-ring (bicyclic) bond motifs is 7. The number of hydrogen-bond donors (Lipinski definition) is 0. The molecule has 7 heteroatoms. The molecule has 6 nitrogen and oxygen atoms in total. The molecule has 1 aliphatic heterocycles. The van der Waals surface area contributed by atoms with Gasteiger partial charge in [0.25, 0.3) is 0 Å². The van der Waals surface area contributed by atoms with E-state index in [1.54, 1.807) is 0 Å². The number of nitrogens with zero attached hydrogens (tertiary/aromatic N) is 5. The monoisotopic (exact) mass is 993 g/mol. The van der Waals surface area contributed by atoms with Gasteiger partial charge in [-0.3, -0.25) is 0 Å². The van der Waals surface area contributed by atoms with Crippen molar-refractivity contribution in [3.8, 4) is 23.0 Å². The predicted molar refractivity (Wildman–Crippen MR) is 254 cm³/mol. The Kier molecular flexibility index (Phi) is 9.98. The van der Waals surface area contributed by atoms with Gasteiger partial charge >= 0.3 is 0 Å². The smallest absolute Gasteiger partial charge is 0.137 e. The fourth-order valence-corrected chi connectivity index (χ4v) is 9.15. The fourth-order valence-electron chi connectivity index (χ4n) is 9.15. The van der Waals surface area contributed by atoms with Crippen LogP contribution in [0.4, 0.5) is 17.1 Å². The number of rotatable bonds is 5. The zero-order valence-corrected chi connectivity index (χ0v) is 39.4. The second kappa shape index (κ2) is 14.9. The summed E-state index contributed by atoms with van der Waals surface area (Å²) >= 11 is 0. The van der Waals surface area contributed by atoms with E-state index in [0.29, 0.717) is 11.5 Å². The van der Waals surface area contributed by atoms with E-state index in [1.165, 1.54) is 32.9 Å². The van der Waals surface area contributed by atoms with E-state index in [-0.39, 0.29) is 37.3 Å². The number of anilines is 3. The summed E-state index contributed by atoms with van der Waals surface area (Å²) in [7, 11) is 2.08. The van der Waals surface area contributed by atoms with Gasteiger partial charge in [0.2, 0.25) is 0 Å². The van der Waals surface area contributed by atoms with Gasteiger partial charge < -0.3 is 23.7 Å². The number of hydrogen-bond acceptors (Lipinski definition) is 4. The van der Waals surface area contributed by atoms with Crippen molar-refractivity contribution in [1.82, 2.24) is 14.1 Å². The fraction of sp³-hybridized carbons (Fsp3) is 0.236. The standard InChI is InChI=1S/C55H52N5O.Pt/c1-53(2,3)35-29-37(58-34-57(10)47-23-13-14-24-48(47)58)31-39(30-35)61-38-25-26-41-40-17-11-12-22-46(40)60(49(41)33-38)50-32-36(27-28-56-50)59-51-42(18-15-20-44(51)54(4,5)6)43-19-16-21-45(52(43)59)55(7,8)9;/h11-30,32,34H,1-10H3;/q-3;. The predicted octanol–water partition coefficient (Wildman–Crippen LogP) is 14.3. The number of pyridine rings is 1. The molecule has 0 saturated heterocycles. The third kappa shape index (κ3) is 6.88. The van der Waals surface area contributed by atoms with Gasteiger partial charge in [0.1, 0.15) is 5.82 Å². The van der Waals surface area contributed by atoms with Crippen LogP contribution in [-0.2, 0) is 37.3 Å². The van der Waals surface area contributed by atoms with Crippen molar-refractivity contribution >= 4 is 60.7 Å². The molecular weight excluding hydrogens is 942 g/mol. The summed E-state index contributed by atoms with van der Waals surface area (Å²) < 4.78 is 11.5. The molecule has 0 spiro atoms. The quantitative estimate of drug-likeness (QED) is 0.161. The van der Waals surface area contributed by atoms with Crippen LogP contribution < -0.4 is 14.5 Å². The Balaban J connectivity index is 0.00000490. The SMILES string of the molecule is CN1[CH-]N(c2[c-]c(Oc3[c-]c4c(cc3)c3ccccc3n4-c3cc(-n4c5c(C(C)(C)C)cccc5c5cccc(C(C)(C)C)c54)ccn3)cc(C(C)(C)C)c2)c2ccccc21.[Pt]. The van der Waals surface area contributed by atoms with Gasteiger partial charge in [-0.2, -0.15) is 12.7 Å². The summed E-state index contributed by atoms with van der Waals surface area (Å²) in [5.41, 5.74) is 12.1. The molecule has 4 heterocycles. The largest absolute Gasteiger partial charge is 0.509 e. The molecule has 6 aromatic carbocycles. The van der Waals surface area contributed by atoms with Crippen LogP contribution in [0.2, 0.25) is 0 Å². The Labute approximate surface area is 380 Å². The number of aromatic nitrogens is 3. The summed E-state index contributed by atoms with van der Waals surface area (Å²) in [6, 6.07) is 50.7. The second-order valence-corrected chi connectivity index (χ2v) is 19.6. The molecule has 0 atom stereocenters. The van der Waals surface area contributed by atoms with Gasteiger partial charge in [-0.15, -0.1) is 47.0 Å². The van der Waals surface area contributed by atoms with Crippen molar-refractivity contribution in [3.63, 3.8) is 0 Å². The van der Waals surface area contributed by atoms with Gasteiger partial charge in [0.15, 0.2) is 0 Å². The molecule has 0 N–H and O–H groups in total. The van der Waals surface area contributed by atoms with Crippen LogP contribution in [0.25, 0.3) is 55.1 Å². The molecule has 0 saturated carbocycles. The minimum atomic E-state index is -0.123. The van der Waals surface area contributed by atoms with Crippen LogP contribution in [0.3, 0.4) is 0 Å². The first-order valence-electron chi connectivity index (χ1n) is 21.3. The Bertz CT molecular complexity index is 3120. The van der Waals surface area contributed by atoms with E-state index in [4.69, 9.17) is 9.72 Å². The van der Waals surface area contributed by atoms with Crippen LogP contribution in [0.1, 0.15) is 79.0 Å².